The fourth-order valence-corrected chi connectivity index (χ4v) is 1.72. The minimum atomic E-state index is -0.0308. The van der Waals surface area contributed by atoms with E-state index in [4.69, 9.17) is 28.9 Å². The molecule has 0 saturated heterocycles. The highest BCUT2D eigenvalue weighted by Gasteiger charge is 2.24. The van der Waals surface area contributed by atoms with Gasteiger partial charge in [-0.15, -0.1) is 0 Å². The number of aromatic nitrogens is 1. The van der Waals surface area contributed by atoms with E-state index in [1.165, 1.54) is 0 Å². The first-order valence-corrected chi connectivity index (χ1v) is 5.90. The van der Waals surface area contributed by atoms with Crippen molar-refractivity contribution in [3.05, 3.63) is 16.1 Å². The zero-order chi connectivity index (χ0) is 12.5. The van der Waals surface area contributed by atoms with Gasteiger partial charge in [0.05, 0.1) is 10.0 Å². The molecule has 0 aliphatic heterocycles. The topological polar surface area (TPSA) is 42.2 Å². The minimum Gasteiger partial charge on any atom is -0.382 e. The van der Waals surface area contributed by atoms with Crippen LogP contribution in [0.1, 0.15) is 27.2 Å². The van der Waals surface area contributed by atoms with Crippen molar-refractivity contribution in [3.63, 3.8) is 0 Å². The van der Waals surface area contributed by atoms with Crippen LogP contribution in [0.2, 0.25) is 10.0 Å². The van der Waals surface area contributed by atoms with Crippen molar-refractivity contribution in [2.24, 2.45) is 0 Å². The lowest BCUT2D eigenvalue weighted by Gasteiger charge is -2.36. The summed E-state index contributed by atoms with van der Waals surface area (Å²) >= 11 is 12.0. The largest absolute Gasteiger partial charge is 0.382 e. The third-order valence-electron chi connectivity index (χ3n) is 3.03. The van der Waals surface area contributed by atoms with E-state index in [1.807, 2.05) is 11.9 Å². The number of nitrogens with two attached hydrogens (primary N) is 1. The van der Waals surface area contributed by atoms with Gasteiger partial charge in [0.15, 0.2) is 0 Å². The van der Waals surface area contributed by atoms with Gasteiger partial charge in [0.1, 0.15) is 11.6 Å². The fourth-order valence-electron chi connectivity index (χ4n) is 1.23. The summed E-state index contributed by atoms with van der Waals surface area (Å²) in [6.07, 6.45) is 0.976. The van der Waals surface area contributed by atoms with E-state index in [0.717, 1.165) is 6.42 Å². The quantitative estimate of drug-likeness (QED) is 0.905. The first-order valence-electron chi connectivity index (χ1n) is 5.15. The average molecular weight is 262 g/mol. The van der Waals surface area contributed by atoms with Crippen LogP contribution in [0.3, 0.4) is 0 Å². The molecule has 5 heteroatoms. The number of pyridine rings is 1. The SMILES string of the molecule is CCC(C)(C)N(C)c1nc(N)c(Cl)cc1Cl. The van der Waals surface area contributed by atoms with Crippen LogP contribution in [-0.4, -0.2) is 17.6 Å². The first kappa shape index (κ1) is 13.4. The molecular weight excluding hydrogens is 245 g/mol. The van der Waals surface area contributed by atoms with Crippen LogP contribution >= 0.6 is 23.2 Å². The van der Waals surface area contributed by atoms with Gasteiger partial charge in [-0.3, -0.25) is 0 Å². The summed E-state index contributed by atoms with van der Waals surface area (Å²) in [5.74, 6) is 0.968. The number of anilines is 2. The first-order chi connectivity index (χ1) is 7.29. The molecule has 0 aliphatic carbocycles. The predicted molar refractivity (Wildman–Crippen MR) is 71.4 cm³/mol. The van der Waals surface area contributed by atoms with E-state index in [0.29, 0.717) is 21.7 Å². The molecule has 1 heterocycles. The van der Waals surface area contributed by atoms with E-state index in [-0.39, 0.29) is 5.54 Å². The van der Waals surface area contributed by atoms with Crippen molar-refractivity contribution < 1.29 is 0 Å². The Kier molecular flexibility index (Phi) is 3.92. The second-order valence-electron chi connectivity index (χ2n) is 4.39. The standard InChI is InChI=1S/C11H17Cl2N3/c1-5-11(2,3)16(4)10-8(13)6-7(12)9(14)15-10/h6H,5H2,1-4H3,(H2,14,15). The maximum absolute atomic E-state index is 6.12. The van der Waals surface area contributed by atoms with Gasteiger partial charge in [0.2, 0.25) is 0 Å². The monoisotopic (exact) mass is 261 g/mol. The Morgan fingerprint density at radius 2 is 1.94 bits per heavy atom. The number of rotatable bonds is 3. The van der Waals surface area contributed by atoms with Crippen LogP contribution in [0.4, 0.5) is 11.6 Å². The maximum atomic E-state index is 6.12. The third-order valence-corrected chi connectivity index (χ3v) is 3.61. The second kappa shape index (κ2) is 4.68. The van der Waals surface area contributed by atoms with Gasteiger partial charge in [0.25, 0.3) is 0 Å². The van der Waals surface area contributed by atoms with Crippen molar-refractivity contribution >= 4 is 34.8 Å². The average Bonchev–Trinajstić information content (AvgIpc) is 2.22. The highest BCUT2D eigenvalue weighted by atomic mass is 35.5. The molecule has 1 aromatic rings. The van der Waals surface area contributed by atoms with E-state index >= 15 is 0 Å². The second-order valence-corrected chi connectivity index (χ2v) is 5.20. The number of hydrogen-bond donors (Lipinski definition) is 1. The lowest BCUT2D eigenvalue weighted by Crippen LogP contribution is -2.41. The van der Waals surface area contributed by atoms with Gasteiger partial charge in [-0.05, 0) is 26.3 Å². The molecule has 0 bridgehead atoms. The van der Waals surface area contributed by atoms with Crippen LogP contribution in [0, 0.1) is 0 Å². The van der Waals surface area contributed by atoms with E-state index in [9.17, 15) is 0 Å². The summed E-state index contributed by atoms with van der Waals surface area (Å²) in [4.78, 5) is 6.24. The Morgan fingerprint density at radius 3 is 2.44 bits per heavy atom. The molecule has 0 atom stereocenters. The molecule has 0 unspecified atom stereocenters. The summed E-state index contributed by atoms with van der Waals surface area (Å²) in [6, 6.07) is 1.63. The van der Waals surface area contributed by atoms with Crippen molar-refractivity contribution in [2.75, 3.05) is 17.7 Å². The van der Waals surface area contributed by atoms with Crippen molar-refractivity contribution in [2.45, 2.75) is 32.7 Å². The Labute approximate surface area is 107 Å². The molecule has 0 saturated carbocycles. The Balaban J connectivity index is 3.19. The summed E-state index contributed by atoms with van der Waals surface area (Å²) in [6.45, 7) is 6.36. The van der Waals surface area contributed by atoms with Gasteiger partial charge >= 0.3 is 0 Å². The lowest BCUT2D eigenvalue weighted by atomic mass is 10.00. The van der Waals surface area contributed by atoms with E-state index < -0.39 is 0 Å². The zero-order valence-electron chi connectivity index (χ0n) is 10.0. The van der Waals surface area contributed by atoms with Crippen LogP contribution in [0.25, 0.3) is 0 Å². The van der Waals surface area contributed by atoms with Crippen molar-refractivity contribution in [1.82, 2.24) is 4.98 Å². The smallest absolute Gasteiger partial charge is 0.150 e. The zero-order valence-corrected chi connectivity index (χ0v) is 11.5. The molecule has 0 spiro atoms. The molecule has 0 radical (unpaired) electrons. The minimum absolute atomic E-state index is 0.0308. The molecular formula is C11H17Cl2N3. The number of hydrogen-bond acceptors (Lipinski definition) is 3. The normalized spacial score (nSPS) is 11.6. The Morgan fingerprint density at radius 1 is 1.38 bits per heavy atom. The maximum Gasteiger partial charge on any atom is 0.150 e. The summed E-state index contributed by atoms with van der Waals surface area (Å²) in [7, 11) is 1.95. The Bertz CT molecular complexity index is 391. The molecule has 0 fully saturated rings. The molecule has 0 aromatic carbocycles. The molecule has 90 valence electrons. The predicted octanol–water partition coefficient (Wildman–Crippen LogP) is 3.60. The lowest BCUT2D eigenvalue weighted by molar-refractivity contribution is 0.467. The molecule has 0 aliphatic rings. The third kappa shape index (κ3) is 2.53. The van der Waals surface area contributed by atoms with Gasteiger partial charge in [-0.2, -0.15) is 0 Å². The van der Waals surface area contributed by atoms with Gasteiger partial charge in [0, 0.05) is 12.6 Å². The molecule has 3 nitrogen and oxygen atoms in total. The van der Waals surface area contributed by atoms with Crippen LogP contribution in [0.5, 0.6) is 0 Å². The van der Waals surface area contributed by atoms with Crippen molar-refractivity contribution in [1.29, 1.82) is 0 Å². The van der Waals surface area contributed by atoms with Crippen LogP contribution in [0.15, 0.2) is 6.07 Å². The van der Waals surface area contributed by atoms with E-state index in [1.54, 1.807) is 6.07 Å². The summed E-state index contributed by atoms with van der Waals surface area (Å²) in [5.41, 5.74) is 5.65. The van der Waals surface area contributed by atoms with Crippen molar-refractivity contribution in [3.8, 4) is 0 Å². The van der Waals surface area contributed by atoms with Crippen LogP contribution < -0.4 is 10.6 Å². The summed E-state index contributed by atoms with van der Waals surface area (Å²) < 4.78 is 0. The number of nitrogen functional groups attached to an aromatic ring is 1. The van der Waals surface area contributed by atoms with Gasteiger partial charge in [-0.25, -0.2) is 4.98 Å². The highest BCUT2D eigenvalue weighted by Crippen LogP contribution is 2.33. The van der Waals surface area contributed by atoms with E-state index in [2.05, 4.69) is 25.8 Å². The molecule has 0 amide bonds. The molecule has 16 heavy (non-hydrogen) atoms. The van der Waals surface area contributed by atoms with Crippen LogP contribution in [-0.2, 0) is 0 Å². The van der Waals surface area contributed by atoms with Gasteiger partial charge < -0.3 is 10.6 Å². The summed E-state index contributed by atoms with van der Waals surface area (Å²) in [5, 5.41) is 0.902. The molecule has 1 rings (SSSR count). The van der Waals surface area contributed by atoms with Gasteiger partial charge in [-0.1, -0.05) is 30.1 Å². The molecule has 1 aromatic heterocycles. The highest BCUT2D eigenvalue weighted by molar-refractivity contribution is 6.37. The Hall–Kier alpha value is -0.670. The number of halogens is 2. The fraction of sp³-hybridized carbons (Fsp3) is 0.545. The molecule has 2 N–H and O–H groups in total. The number of nitrogens with zero attached hydrogens (tertiary/aromatic N) is 2.